The van der Waals surface area contributed by atoms with Gasteiger partial charge in [0.15, 0.2) is 0 Å². The Morgan fingerprint density at radius 1 is 1.45 bits per heavy atom. The molecule has 1 heterocycles. The number of aromatic nitrogens is 2. The molecule has 0 saturated carbocycles. The molecule has 0 spiro atoms. The van der Waals surface area contributed by atoms with Gasteiger partial charge in [0.25, 0.3) is 5.91 Å². The van der Waals surface area contributed by atoms with Crippen LogP contribution in [0, 0.1) is 6.92 Å². The molecule has 1 aromatic heterocycles. The highest BCUT2D eigenvalue weighted by Gasteiger charge is 2.18. The number of hydrogen-bond acceptors (Lipinski definition) is 3. The van der Waals surface area contributed by atoms with Gasteiger partial charge in [0.1, 0.15) is 0 Å². The number of amides is 1. The van der Waals surface area contributed by atoms with Gasteiger partial charge in [-0.3, -0.25) is 4.79 Å². The highest BCUT2D eigenvalue weighted by Crippen LogP contribution is 2.18. The molecular weight excluding hydrogens is 368 g/mol. The van der Waals surface area contributed by atoms with Crippen LogP contribution in [0.4, 0.5) is 0 Å². The molecular formula is C15H20BrClN4O. The molecule has 0 radical (unpaired) electrons. The van der Waals surface area contributed by atoms with Crippen molar-refractivity contribution in [2.75, 3.05) is 6.54 Å². The second-order valence-corrected chi connectivity index (χ2v) is 6.62. The maximum absolute atomic E-state index is 12.2. The van der Waals surface area contributed by atoms with Crippen LogP contribution < -0.4 is 11.1 Å². The molecule has 0 atom stereocenters. The average molecular weight is 388 g/mol. The molecule has 0 aliphatic carbocycles. The van der Waals surface area contributed by atoms with Gasteiger partial charge in [0, 0.05) is 16.6 Å². The summed E-state index contributed by atoms with van der Waals surface area (Å²) < 4.78 is 2.71. The topological polar surface area (TPSA) is 72.9 Å². The fourth-order valence-corrected chi connectivity index (χ4v) is 2.29. The molecule has 22 heavy (non-hydrogen) atoms. The molecule has 2 rings (SSSR count). The molecule has 0 fully saturated rings. The van der Waals surface area contributed by atoms with Crippen molar-refractivity contribution in [1.82, 2.24) is 15.1 Å². The number of rotatable bonds is 4. The largest absolute Gasteiger partial charge is 0.350 e. The Morgan fingerprint density at radius 2 is 2.14 bits per heavy atom. The van der Waals surface area contributed by atoms with Crippen LogP contribution >= 0.6 is 28.3 Å². The summed E-state index contributed by atoms with van der Waals surface area (Å²) in [7, 11) is 0. The smallest absolute Gasteiger partial charge is 0.254 e. The van der Waals surface area contributed by atoms with E-state index in [2.05, 4.69) is 26.3 Å². The Morgan fingerprint density at radius 3 is 2.73 bits per heavy atom. The van der Waals surface area contributed by atoms with E-state index < -0.39 is 5.54 Å². The van der Waals surface area contributed by atoms with Gasteiger partial charge in [-0.2, -0.15) is 5.10 Å². The molecule has 0 saturated heterocycles. The Bertz CT molecular complexity index is 664. The summed E-state index contributed by atoms with van der Waals surface area (Å²) >= 11 is 3.43. The lowest BCUT2D eigenvalue weighted by Crippen LogP contribution is -2.45. The summed E-state index contributed by atoms with van der Waals surface area (Å²) in [6.45, 7) is 6.01. The van der Waals surface area contributed by atoms with Crippen molar-refractivity contribution in [2.45, 2.75) is 26.3 Å². The third kappa shape index (κ3) is 4.56. The van der Waals surface area contributed by atoms with Crippen LogP contribution in [-0.2, 0) is 0 Å². The second kappa shape index (κ2) is 7.26. The minimum absolute atomic E-state index is 0. The average Bonchev–Trinajstić information content (AvgIpc) is 2.77. The lowest BCUT2D eigenvalue weighted by Gasteiger charge is -2.18. The lowest BCUT2D eigenvalue weighted by atomic mass is 10.1. The molecule has 0 aliphatic rings. The van der Waals surface area contributed by atoms with Gasteiger partial charge >= 0.3 is 0 Å². The number of carbonyl (C=O) groups is 1. The predicted molar refractivity (Wildman–Crippen MR) is 93.8 cm³/mol. The maximum Gasteiger partial charge on any atom is 0.254 e. The van der Waals surface area contributed by atoms with E-state index in [9.17, 15) is 4.79 Å². The molecule has 2 aromatic rings. The van der Waals surface area contributed by atoms with Gasteiger partial charge in [-0.25, -0.2) is 4.68 Å². The Balaban J connectivity index is 0.00000242. The highest BCUT2D eigenvalue weighted by atomic mass is 79.9. The SMILES string of the molecule is Cc1c(C(=O)NCC(C)(C)N)cnn1-c1cccc(Br)c1.Cl. The number of carbonyl (C=O) groups excluding carboxylic acids is 1. The van der Waals surface area contributed by atoms with Crippen LogP contribution in [0.5, 0.6) is 0 Å². The maximum atomic E-state index is 12.2. The summed E-state index contributed by atoms with van der Waals surface area (Å²) in [5.74, 6) is -0.160. The van der Waals surface area contributed by atoms with E-state index in [0.717, 1.165) is 15.9 Å². The molecule has 0 aliphatic heterocycles. The van der Waals surface area contributed by atoms with Crippen LogP contribution in [0.2, 0.25) is 0 Å². The van der Waals surface area contributed by atoms with E-state index in [-0.39, 0.29) is 18.3 Å². The fourth-order valence-electron chi connectivity index (χ4n) is 1.90. The van der Waals surface area contributed by atoms with Crippen molar-refractivity contribution in [2.24, 2.45) is 5.73 Å². The highest BCUT2D eigenvalue weighted by molar-refractivity contribution is 9.10. The predicted octanol–water partition coefficient (Wildman–Crippen LogP) is 2.83. The van der Waals surface area contributed by atoms with Gasteiger partial charge in [0.2, 0.25) is 0 Å². The quantitative estimate of drug-likeness (QED) is 0.847. The van der Waals surface area contributed by atoms with Crippen molar-refractivity contribution >= 4 is 34.2 Å². The normalized spacial score (nSPS) is 11.0. The van der Waals surface area contributed by atoms with Crippen molar-refractivity contribution in [3.63, 3.8) is 0 Å². The van der Waals surface area contributed by atoms with Crippen LogP contribution in [0.3, 0.4) is 0 Å². The molecule has 7 heteroatoms. The number of nitrogens with one attached hydrogen (secondary N) is 1. The number of hydrogen-bond donors (Lipinski definition) is 2. The van der Waals surface area contributed by atoms with Gasteiger partial charge in [-0.05, 0) is 39.0 Å². The number of nitrogens with two attached hydrogens (primary N) is 1. The molecule has 120 valence electrons. The lowest BCUT2D eigenvalue weighted by molar-refractivity contribution is 0.0945. The first-order valence-electron chi connectivity index (χ1n) is 6.65. The summed E-state index contributed by atoms with van der Waals surface area (Å²) in [6, 6.07) is 7.76. The van der Waals surface area contributed by atoms with Gasteiger partial charge in [-0.1, -0.05) is 22.0 Å². The fraction of sp³-hybridized carbons (Fsp3) is 0.333. The van der Waals surface area contributed by atoms with Gasteiger partial charge in [0.05, 0.1) is 23.1 Å². The molecule has 0 bridgehead atoms. The number of benzene rings is 1. The third-order valence-electron chi connectivity index (χ3n) is 3.01. The van der Waals surface area contributed by atoms with Crippen molar-refractivity contribution < 1.29 is 4.79 Å². The zero-order valence-electron chi connectivity index (χ0n) is 12.8. The monoisotopic (exact) mass is 386 g/mol. The van der Waals surface area contributed by atoms with E-state index in [4.69, 9.17) is 5.73 Å². The van der Waals surface area contributed by atoms with Gasteiger partial charge < -0.3 is 11.1 Å². The van der Waals surface area contributed by atoms with E-state index in [1.165, 1.54) is 0 Å². The Kier molecular flexibility index (Phi) is 6.17. The zero-order chi connectivity index (χ0) is 15.6. The third-order valence-corrected chi connectivity index (χ3v) is 3.51. The summed E-state index contributed by atoms with van der Waals surface area (Å²) in [5, 5.41) is 7.13. The van der Waals surface area contributed by atoms with Crippen LogP contribution in [0.25, 0.3) is 5.69 Å². The van der Waals surface area contributed by atoms with Crippen LogP contribution in [-0.4, -0.2) is 27.8 Å². The van der Waals surface area contributed by atoms with E-state index >= 15 is 0 Å². The Labute approximate surface area is 144 Å². The van der Waals surface area contributed by atoms with Crippen LogP contribution in [0.15, 0.2) is 34.9 Å². The minimum Gasteiger partial charge on any atom is -0.350 e. The summed E-state index contributed by atoms with van der Waals surface area (Å²) in [4.78, 5) is 12.2. The van der Waals surface area contributed by atoms with E-state index in [1.54, 1.807) is 10.9 Å². The first kappa shape index (κ1) is 18.7. The minimum atomic E-state index is -0.441. The number of nitrogens with zero attached hydrogens (tertiary/aromatic N) is 2. The molecule has 3 N–H and O–H groups in total. The van der Waals surface area contributed by atoms with E-state index in [0.29, 0.717) is 12.1 Å². The van der Waals surface area contributed by atoms with Crippen molar-refractivity contribution in [3.05, 3.63) is 46.2 Å². The zero-order valence-corrected chi connectivity index (χ0v) is 15.2. The summed E-state index contributed by atoms with van der Waals surface area (Å²) in [6.07, 6.45) is 1.58. The summed E-state index contributed by atoms with van der Waals surface area (Å²) in [5.41, 5.74) is 7.68. The molecule has 1 aromatic carbocycles. The van der Waals surface area contributed by atoms with Crippen molar-refractivity contribution in [1.29, 1.82) is 0 Å². The second-order valence-electron chi connectivity index (χ2n) is 5.71. The first-order valence-corrected chi connectivity index (χ1v) is 7.45. The molecule has 1 amide bonds. The van der Waals surface area contributed by atoms with E-state index in [1.807, 2.05) is 45.0 Å². The first-order chi connectivity index (χ1) is 9.78. The molecule has 0 unspecified atom stereocenters. The Hall–Kier alpha value is -1.37. The van der Waals surface area contributed by atoms with Gasteiger partial charge in [-0.15, -0.1) is 12.4 Å². The van der Waals surface area contributed by atoms with Crippen LogP contribution in [0.1, 0.15) is 29.9 Å². The number of halogens is 2. The molecule has 5 nitrogen and oxygen atoms in total. The standard InChI is InChI=1S/C15H19BrN4O.ClH/c1-10-13(14(21)18-9-15(2,3)17)8-19-20(10)12-6-4-5-11(16)7-12;/h4-8H,9,17H2,1-3H3,(H,18,21);1H. The van der Waals surface area contributed by atoms with Crippen molar-refractivity contribution in [3.8, 4) is 5.69 Å².